The fourth-order valence-electron chi connectivity index (χ4n) is 3.24. The zero-order chi connectivity index (χ0) is 19.2. The molecule has 0 radical (unpaired) electrons. The summed E-state index contributed by atoms with van der Waals surface area (Å²) >= 11 is 1.72. The molecule has 0 unspecified atom stereocenters. The van der Waals surface area contributed by atoms with Gasteiger partial charge >= 0.3 is 0 Å². The third-order valence-electron chi connectivity index (χ3n) is 4.25. The van der Waals surface area contributed by atoms with Gasteiger partial charge in [0.15, 0.2) is 0 Å². The third-order valence-corrected chi connectivity index (χ3v) is 5.19. The van der Waals surface area contributed by atoms with Crippen molar-refractivity contribution >= 4 is 11.3 Å². The van der Waals surface area contributed by atoms with E-state index in [0.29, 0.717) is 12.5 Å². The Kier molecular flexibility index (Phi) is 6.64. The Morgan fingerprint density at radius 3 is 2.48 bits per heavy atom. The van der Waals surface area contributed by atoms with E-state index in [9.17, 15) is 0 Å². The predicted molar refractivity (Wildman–Crippen MR) is 115 cm³/mol. The monoisotopic (exact) mass is 380 g/mol. The molecule has 0 N–H and O–H groups in total. The summed E-state index contributed by atoms with van der Waals surface area (Å²) in [5, 5.41) is 3.25. The molecule has 0 bridgehead atoms. The van der Waals surface area contributed by atoms with E-state index < -0.39 is 0 Å². The molecule has 142 valence electrons. The molecular weight excluding hydrogens is 352 g/mol. The molecule has 4 heteroatoms. The van der Waals surface area contributed by atoms with Gasteiger partial charge in [0.1, 0.15) is 10.8 Å². The van der Waals surface area contributed by atoms with Crippen molar-refractivity contribution in [2.45, 2.75) is 27.3 Å². The maximum Gasteiger partial charge on any atom is 0.123 e. The Morgan fingerprint density at radius 1 is 1.04 bits per heavy atom. The first-order chi connectivity index (χ1) is 13.0. The van der Waals surface area contributed by atoms with E-state index in [1.165, 1.54) is 5.56 Å². The highest BCUT2D eigenvalue weighted by molar-refractivity contribution is 7.13. The molecule has 2 aromatic carbocycles. The van der Waals surface area contributed by atoms with E-state index in [1.54, 1.807) is 11.3 Å². The minimum Gasteiger partial charge on any atom is -0.494 e. The van der Waals surface area contributed by atoms with Gasteiger partial charge in [-0.2, -0.15) is 0 Å². The van der Waals surface area contributed by atoms with Crippen LogP contribution in [0.5, 0.6) is 5.75 Å². The standard InChI is InChI=1S/C23H28N2OS/c1-5-26-22-11-7-9-19(13-22)18-8-6-10-20(12-18)23-24-21(16-27-23)15-25(4)14-17(2)3/h6-13,16-17H,5,14-15H2,1-4H3. The van der Waals surface area contributed by atoms with Crippen molar-refractivity contribution in [1.82, 2.24) is 9.88 Å². The predicted octanol–water partition coefficient (Wildman–Crippen LogP) is 5.96. The summed E-state index contributed by atoms with van der Waals surface area (Å²) in [6.45, 7) is 9.15. The van der Waals surface area contributed by atoms with Gasteiger partial charge < -0.3 is 9.64 Å². The van der Waals surface area contributed by atoms with Crippen LogP contribution in [0.4, 0.5) is 0 Å². The minimum absolute atomic E-state index is 0.664. The molecule has 1 aromatic heterocycles. The van der Waals surface area contributed by atoms with E-state index in [1.807, 2.05) is 19.1 Å². The number of aromatic nitrogens is 1. The first kappa shape index (κ1) is 19.6. The van der Waals surface area contributed by atoms with Gasteiger partial charge in [0.25, 0.3) is 0 Å². The number of nitrogens with zero attached hydrogens (tertiary/aromatic N) is 2. The summed E-state index contributed by atoms with van der Waals surface area (Å²) in [7, 11) is 2.16. The van der Waals surface area contributed by atoms with Crippen molar-refractivity contribution in [1.29, 1.82) is 0 Å². The van der Waals surface area contributed by atoms with Crippen LogP contribution in [0.1, 0.15) is 26.5 Å². The molecule has 0 saturated carbocycles. The highest BCUT2D eigenvalue weighted by Gasteiger charge is 2.09. The number of benzene rings is 2. The van der Waals surface area contributed by atoms with Crippen LogP contribution in [0.15, 0.2) is 53.9 Å². The number of rotatable bonds is 8. The van der Waals surface area contributed by atoms with Gasteiger partial charge in [-0.25, -0.2) is 4.98 Å². The second-order valence-corrected chi connectivity index (χ2v) is 8.13. The fourth-order valence-corrected chi connectivity index (χ4v) is 4.05. The SMILES string of the molecule is CCOc1cccc(-c2cccc(-c3nc(CN(C)CC(C)C)cs3)c2)c1. The van der Waals surface area contributed by atoms with Gasteiger partial charge in [0, 0.05) is 24.0 Å². The molecule has 0 spiro atoms. The Bertz CT molecular complexity index is 872. The van der Waals surface area contributed by atoms with Crippen LogP contribution in [-0.4, -0.2) is 30.1 Å². The highest BCUT2D eigenvalue weighted by atomic mass is 32.1. The molecule has 0 amide bonds. The maximum absolute atomic E-state index is 5.64. The van der Waals surface area contributed by atoms with Gasteiger partial charge in [-0.3, -0.25) is 0 Å². The lowest BCUT2D eigenvalue weighted by Crippen LogP contribution is -2.22. The second kappa shape index (κ2) is 9.16. The molecule has 0 aliphatic carbocycles. The first-order valence-electron chi connectivity index (χ1n) is 9.51. The van der Waals surface area contributed by atoms with Crippen molar-refractivity contribution in [2.24, 2.45) is 5.92 Å². The minimum atomic E-state index is 0.664. The topological polar surface area (TPSA) is 25.4 Å². The smallest absolute Gasteiger partial charge is 0.123 e. The van der Waals surface area contributed by atoms with E-state index in [0.717, 1.165) is 40.7 Å². The summed E-state index contributed by atoms with van der Waals surface area (Å²) in [5.74, 6) is 1.57. The lowest BCUT2D eigenvalue weighted by molar-refractivity contribution is 0.286. The lowest BCUT2D eigenvalue weighted by Gasteiger charge is -2.17. The lowest BCUT2D eigenvalue weighted by atomic mass is 10.0. The second-order valence-electron chi connectivity index (χ2n) is 7.28. The molecular formula is C23H28N2OS. The molecule has 27 heavy (non-hydrogen) atoms. The maximum atomic E-state index is 5.64. The Hall–Kier alpha value is -2.17. The molecule has 3 nitrogen and oxygen atoms in total. The first-order valence-corrected chi connectivity index (χ1v) is 10.4. The molecule has 0 aliphatic heterocycles. The molecule has 0 fully saturated rings. The zero-order valence-electron chi connectivity index (χ0n) is 16.6. The third kappa shape index (κ3) is 5.41. The van der Waals surface area contributed by atoms with Gasteiger partial charge in [-0.05, 0) is 49.2 Å². The van der Waals surface area contributed by atoms with Crippen LogP contribution in [-0.2, 0) is 6.54 Å². The molecule has 0 aliphatic rings. The number of hydrogen-bond donors (Lipinski definition) is 0. The van der Waals surface area contributed by atoms with Gasteiger partial charge in [0.2, 0.25) is 0 Å². The van der Waals surface area contributed by atoms with E-state index in [4.69, 9.17) is 9.72 Å². The largest absolute Gasteiger partial charge is 0.494 e. The number of ether oxygens (including phenoxy) is 1. The average Bonchev–Trinajstić information content (AvgIpc) is 3.10. The number of hydrogen-bond acceptors (Lipinski definition) is 4. The Morgan fingerprint density at radius 2 is 1.74 bits per heavy atom. The van der Waals surface area contributed by atoms with E-state index in [2.05, 4.69) is 67.6 Å². The number of thiazole rings is 1. The van der Waals surface area contributed by atoms with Gasteiger partial charge in [-0.1, -0.05) is 44.2 Å². The Labute approximate surface area is 166 Å². The van der Waals surface area contributed by atoms with Crippen molar-refractivity contribution < 1.29 is 4.74 Å². The Balaban J connectivity index is 1.79. The molecule has 3 rings (SSSR count). The zero-order valence-corrected chi connectivity index (χ0v) is 17.4. The van der Waals surface area contributed by atoms with Crippen LogP contribution >= 0.6 is 11.3 Å². The summed E-state index contributed by atoms with van der Waals surface area (Å²) in [6.07, 6.45) is 0. The van der Waals surface area contributed by atoms with Gasteiger partial charge in [0.05, 0.1) is 12.3 Å². The van der Waals surface area contributed by atoms with Crippen LogP contribution in [0.2, 0.25) is 0 Å². The summed E-state index contributed by atoms with van der Waals surface area (Å²) < 4.78 is 5.64. The van der Waals surface area contributed by atoms with Crippen molar-refractivity contribution in [3.05, 3.63) is 59.6 Å². The van der Waals surface area contributed by atoms with Crippen LogP contribution in [0.25, 0.3) is 21.7 Å². The molecule has 0 saturated heterocycles. The van der Waals surface area contributed by atoms with E-state index >= 15 is 0 Å². The quantitative estimate of drug-likeness (QED) is 0.482. The summed E-state index contributed by atoms with van der Waals surface area (Å²) in [5.41, 5.74) is 4.65. The van der Waals surface area contributed by atoms with Crippen LogP contribution in [0.3, 0.4) is 0 Å². The van der Waals surface area contributed by atoms with Crippen molar-refractivity contribution in [3.63, 3.8) is 0 Å². The van der Waals surface area contributed by atoms with Crippen LogP contribution in [0, 0.1) is 5.92 Å². The molecule has 1 heterocycles. The van der Waals surface area contributed by atoms with Crippen LogP contribution < -0.4 is 4.74 Å². The van der Waals surface area contributed by atoms with Crippen molar-refractivity contribution in [2.75, 3.05) is 20.2 Å². The average molecular weight is 381 g/mol. The molecule has 0 atom stereocenters. The molecule has 3 aromatic rings. The van der Waals surface area contributed by atoms with E-state index in [-0.39, 0.29) is 0 Å². The summed E-state index contributed by atoms with van der Waals surface area (Å²) in [4.78, 5) is 7.19. The van der Waals surface area contributed by atoms with Crippen molar-refractivity contribution in [3.8, 4) is 27.4 Å². The normalized spacial score (nSPS) is 11.3. The highest BCUT2D eigenvalue weighted by Crippen LogP contribution is 2.30. The van der Waals surface area contributed by atoms with Gasteiger partial charge in [-0.15, -0.1) is 11.3 Å². The summed E-state index contributed by atoms with van der Waals surface area (Å²) in [6, 6.07) is 16.8. The fraction of sp³-hybridized carbons (Fsp3) is 0.348.